The predicted octanol–water partition coefficient (Wildman–Crippen LogP) is 1.15. The van der Waals surface area contributed by atoms with Crippen LogP contribution in [0.2, 0.25) is 0 Å². The second-order valence-corrected chi connectivity index (χ2v) is 2.48. The van der Waals surface area contributed by atoms with Crippen LogP contribution in [-0.4, -0.2) is 11.2 Å². The summed E-state index contributed by atoms with van der Waals surface area (Å²) < 4.78 is 0. The molecule has 48 valence electrons. The monoisotopic (exact) mass is 115 g/mol. The lowest BCUT2D eigenvalue weighted by atomic mass is 10.1. The molecule has 0 spiro atoms. The summed E-state index contributed by atoms with van der Waals surface area (Å²) in [5, 5.41) is 8.49. The molecule has 0 radical (unpaired) electrons. The van der Waals surface area contributed by atoms with E-state index in [1.807, 2.05) is 0 Å². The average molecular weight is 115 g/mol. The number of rotatable bonds is 3. The van der Waals surface area contributed by atoms with Gasteiger partial charge in [0, 0.05) is 6.04 Å². The van der Waals surface area contributed by atoms with Gasteiger partial charge in [0.2, 0.25) is 0 Å². The zero-order valence-corrected chi connectivity index (χ0v) is 5.22. The third kappa shape index (κ3) is 1.20. The van der Waals surface area contributed by atoms with Crippen molar-refractivity contribution in [3.63, 3.8) is 0 Å². The Labute approximate surface area is 49.9 Å². The van der Waals surface area contributed by atoms with Crippen molar-refractivity contribution in [1.29, 1.82) is 0 Å². The number of hydroxylamine groups is 1. The van der Waals surface area contributed by atoms with Crippen LogP contribution in [0.4, 0.5) is 0 Å². The second-order valence-electron chi connectivity index (χ2n) is 2.48. The Morgan fingerprint density at radius 1 is 1.75 bits per heavy atom. The van der Waals surface area contributed by atoms with Gasteiger partial charge in [-0.05, 0) is 25.2 Å². The molecule has 0 amide bonds. The van der Waals surface area contributed by atoms with Crippen LogP contribution in [0.1, 0.15) is 26.2 Å². The molecule has 0 aliphatic heterocycles. The van der Waals surface area contributed by atoms with Crippen molar-refractivity contribution in [3.8, 4) is 0 Å². The van der Waals surface area contributed by atoms with Gasteiger partial charge in [-0.15, -0.1) is 0 Å². The minimum Gasteiger partial charge on any atom is -0.317 e. The minimum atomic E-state index is 0.370. The molecule has 0 heterocycles. The summed E-state index contributed by atoms with van der Waals surface area (Å²) in [5.41, 5.74) is 2.31. The summed E-state index contributed by atoms with van der Waals surface area (Å²) in [4.78, 5) is 0. The van der Waals surface area contributed by atoms with Crippen LogP contribution in [0, 0.1) is 5.92 Å². The molecule has 2 N–H and O–H groups in total. The lowest BCUT2D eigenvalue weighted by Crippen LogP contribution is -2.26. The Balaban J connectivity index is 2.15. The van der Waals surface area contributed by atoms with E-state index in [2.05, 4.69) is 12.4 Å². The van der Waals surface area contributed by atoms with Gasteiger partial charge in [0.05, 0.1) is 0 Å². The topological polar surface area (TPSA) is 32.3 Å². The highest BCUT2D eigenvalue weighted by Crippen LogP contribution is 2.33. The molecule has 0 bridgehead atoms. The number of nitrogens with one attached hydrogen (secondary N) is 1. The van der Waals surface area contributed by atoms with E-state index >= 15 is 0 Å². The third-order valence-corrected chi connectivity index (χ3v) is 1.80. The SMILES string of the molecule is CCC(NO)C1CC1. The van der Waals surface area contributed by atoms with Gasteiger partial charge in [-0.3, -0.25) is 0 Å². The molecule has 1 aliphatic carbocycles. The highest BCUT2D eigenvalue weighted by atomic mass is 16.5. The zero-order valence-electron chi connectivity index (χ0n) is 5.22. The minimum absolute atomic E-state index is 0.370. The Kier molecular flexibility index (Phi) is 1.86. The number of hydrogen-bond donors (Lipinski definition) is 2. The summed E-state index contributed by atoms with van der Waals surface area (Å²) in [7, 11) is 0. The van der Waals surface area contributed by atoms with Gasteiger partial charge in [0.25, 0.3) is 0 Å². The first-order valence-electron chi connectivity index (χ1n) is 3.28. The van der Waals surface area contributed by atoms with E-state index in [9.17, 15) is 0 Å². The fraction of sp³-hybridized carbons (Fsp3) is 1.00. The fourth-order valence-electron chi connectivity index (χ4n) is 1.03. The van der Waals surface area contributed by atoms with Crippen molar-refractivity contribution in [1.82, 2.24) is 5.48 Å². The molecule has 2 nitrogen and oxygen atoms in total. The largest absolute Gasteiger partial charge is 0.317 e. The van der Waals surface area contributed by atoms with E-state index in [1.54, 1.807) is 0 Å². The molecule has 1 saturated carbocycles. The Hall–Kier alpha value is -0.0800. The molecule has 1 atom stereocenters. The lowest BCUT2D eigenvalue weighted by molar-refractivity contribution is 0.114. The molecule has 2 heteroatoms. The van der Waals surface area contributed by atoms with Crippen molar-refractivity contribution in [3.05, 3.63) is 0 Å². The highest BCUT2D eigenvalue weighted by molar-refractivity contribution is 4.83. The zero-order chi connectivity index (χ0) is 5.98. The van der Waals surface area contributed by atoms with Gasteiger partial charge in [0.15, 0.2) is 0 Å². The van der Waals surface area contributed by atoms with Gasteiger partial charge >= 0.3 is 0 Å². The first kappa shape index (κ1) is 6.05. The van der Waals surface area contributed by atoms with Crippen LogP contribution in [0.25, 0.3) is 0 Å². The highest BCUT2D eigenvalue weighted by Gasteiger charge is 2.29. The lowest BCUT2D eigenvalue weighted by Gasteiger charge is -2.08. The van der Waals surface area contributed by atoms with Gasteiger partial charge < -0.3 is 5.21 Å². The van der Waals surface area contributed by atoms with Crippen LogP contribution in [0.15, 0.2) is 0 Å². The van der Waals surface area contributed by atoms with Gasteiger partial charge in [-0.25, -0.2) is 5.48 Å². The summed E-state index contributed by atoms with van der Waals surface area (Å²) in [5.74, 6) is 0.769. The average Bonchev–Trinajstić information content (AvgIpc) is 2.53. The van der Waals surface area contributed by atoms with E-state index in [1.165, 1.54) is 12.8 Å². The summed E-state index contributed by atoms with van der Waals surface area (Å²) >= 11 is 0. The Bertz CT molecular complexity index is 66.9. The van der Waals surface area contributed by atoms with Gasteiger partial charge in [-0.2, -0.15) is 0 Å². The molecular formula is C6H13NO. The standard InChI is InChI=1S/C6H13NO/c1-2-6(7-8)5-3-4-5/h5-8H,2-4H2,1H3. The van der Waals surface area contributed by atoms with E-state index < -0.39 is 0 Å². The molecular weight excluding hydrogens is 102 g/mol. The van der Waals surface area contributed by atoms with Gasteiger partial charge in [0.1, 0.15) is 0 Å². The van der Waals surface area contributed by atoms with Crippen LogP contribution in [-0.2, 0) is 0 Å². The maximum absolute atomic E-state index is 8.49. The number of hydrogen-bond acceptors (Lipinski definition) is 2. The van der Waals surface area contributed by atoms with Crippen LogP contribution in [0.3, 0.4) is 0 Å². The van der Waals surface area contributed by atoms with Crippen molar-refractivity contribution >= 4 is 0 Å². The Morgan fingerprint density at radius 2 is 2.38 bits per heavy atom. The normalized spacial score (nSPS) is 23.2. The van der Waals surface area contributed by atoms with E-state index in [0.717, 1.165) is 12.3 Å². The second kappa shape index (κ2) is 2.46. The van der Waals surface area contributed by atoms with Crippen molar-refractivity contribution in [2.45, 2.75) is 32.2 Å². The first-order valence-corrected chi connectivity index (χ1v) is 3.28. The van der Waals surface area contributed by atoms with E-state index in [4.69, 9.17) is 5.21 Å². The van der Waals surface area contributed by atoms with Crippen LogP contribution in [0.5, 0.6) is 0 Å². The third-order valence-electron chi connectivity index (χ3n) is 1.80. The van der Waals surface area contributed by atoms with Gasteiger partial charge in [-0.1, -0.05) is 6.92 Å². The van der Waals surface area contributed by atoms with E-state index in [0.29, 0.717) is 6.04 Å². The molecule has 1 rings (SSSR count). The molecule has 1 fully saturated rings. The summed E-state index contributed by atoms with van der Waals surface area (Å²) in [6.07, 6.45) is 3.64. The summed E-state index contributed by atoms with van der Waals surface area (Å²) in [6, 6.07) is 0.370. The van der Waals surface area contributed by atoms with E-state index in [-0.39, 0.29) is 0 Å². The Morgan fingerprint density at radius 3 is 2.50 bits per heavy atom. The van der Waals surface area contributed by atoms with Crippen LogP contribution < -0.4 is 5.48 Å². The van der Waals surface area contributed by atoms with Crippen molar-refractivity contribution < 1.29 is 5.21 Å². The summed E-state index contributed by atoms with van der Waals surface area (Å²) in [6.45, 7) is 2.09. The molecule has 0 aromatic carbocycles. The maximum atomic E-state index is 8.49. The quantitative estimate of drug-likeness (QED) is 0.541. The van der Waals surface area contributed by atoms with Crippen LogP contribution >= 0.6 is 0 Å². The maximum Gasteiger partial charge on any atom is 0.0345 e. The predicted molar refractivity (Wildman–Crippen MR) is 31.7 cm³/mol. The van der Waals surface area contributed by atoms with Crippen molar-refractivity contribution in [2.24, 2.45) is 5.92 Å². The molecule has 1 aliphatic rings. The fourth-order valence-corrected chi connectivity index (χ4v) is 1.03. The molecule has 0 saturated heterocycles. The first-order chi connectivity index (χ1) is 3.88. The molecule has 0 aromatic heterocycles. The molecule has 0 aromatic rings. The molecule has 8 heavy (non-hydrogen) atoms. The molecule has 1 unspecified atom stereocenters. The van der Waals surface area contributed by atoms with Crippen molar-refractivity contribution in [2.75, 3.05) is 0 Å². The smallest absolute Gasteiger partial charge is 0.0345 e.